The van der Waals surface area contributed by atoms with Crippen LogP contribution >= 0.6 is 0 Å². The lowest BCUT2D eigenvalue weighted by atomic mass is 9.82. The number of furan rings is 1. The maximum absolute atomic E-state index is 6.70. The van der Waals surface area contributed by atoms with Gasteiger partial charge in [0.1, 0.15) is 39.9 Å². The minimum atomic E-state index is -0.0370. The fourth-order valence-electron chi connectivity index (χ4n) is 22.3. The zero-order valence-corrected chi connectivity index (χ0v) is 80.6. The van der Waals surface area contributed by atoms with Gasteiger partial charge in [0.2, 0.25) is 0 Å². The first-order valence-electron chi connectivity index (χ1n) is 48.7. The number of ether oxygens (including phenoxy) is 3. The molecule has 141 heavy (non-hydrogen) atoms. The molecule has 0 radical (unpaired) electrons. The fourth-order valence-corrected chi connectivity index (χ4v) is 22.3. The van der Waals surface area contributed by atoms with Gasteiger partial charge in [0.25, 0.3) is 0 Å². The zero-order chi connectivity index (χ0) is 95.5. The number of hydrogen-bond acceptors (Lipinski definition) is 8. The topological polar surface area (TPSA) is 53.8 Å². The Labute approximate surface area is 825 Å². The number of benzene rings is 20. The van der Waals surface area contributed by atoms with E-state index >= 15 is 0 Å². The lowest BCUT2D eigenvalue weighted by molar-refractivity contribution is 0.487. The average molecular weight is 1820 g/mol. The molecular formula is C133H104N4O4. The van der Waals surface area contributed by atoms with E-state index in [0.29, 0.717) is 0 Å². The number of hydrogen-bond donors (Lipinski definition) is 0. The largest absolute Gasteiger partial charge is 0.456 e. The molecule has 0 bridgehead atoms. The minimum Gasteiger partial charge on any atom is -0.456 e. The minimum absolute atomic E-state index is 0.0187. The summed E-state index contributed by atoms with van der Waals surface area (Å²) >= 11 is 0. The van der Waals surface area contributed by atoms with Crippen molar-refractivity contribution in [3.05, 3.63) is 482 Å². The molecule has 0 saturated carbocycles. The monoisotopic (exact) mass is 1820 g/mol. The Morgan fingerprint density at radius 3 is 0.922 bits per heavy atom. The molecule has 0 N–H and O–H groups in total. The Bertz CT molecular complexity index is 8210. The summed E-state index contributed by atoms with van der Waals surface area (Å²) < 4.78 is 25.8. The first-order chi connectivity index (χ1) is 68.9. The van der Waals surface area contributed by atoms with Crippen LogP contribution in [0.4, 0.5) is 45.5 Å². The van der Waals surface area contributed by atoms with Crippen LogP contribution in [0.5, 0.6) is 34.5 Å². The summed E-state index contributed by atoms with van der Waals surface area (Å²) in [5, 5.41) is 2.31. The zero-order valence-electron chi connectivity index (χ0n) is 80.6. The highest BCUT2D eigenvalue weighted by Crippen LogP contribution is 2.58. The standard InChI is InChI=1S/3C34H27NO.C31H23NO/c1-34(2)29-16-8-6-13-25(29)26-20-19-22(21-30(26)34)35(3)31-17-10-15-28-24-12-5-4-11-23(24)27-14-7-9-18-32(27)36-33(28)31;2*1-34(2)30-14-8-6-12-26(30)27-18-16-23(21-31(27)34)35(3)22-17-19-33-29(20-22)25-11-5-4-10-24(25)28-13-7-9-15-32(28)36-33;1-32(25-18-14-23(15-19-25)22-8-3-2-4-9-22)26-20-16-24(17-21-26)27-11-7-12-29-28-10-5-6-13-30(28)33-31(27)29/h3*4-21H,1-3H3;2-21H,1H3. The van der Waals surface area contributed by atoms with Crippen molar-refractivity contribution < 1.29 is 18.6 Å². The van der Waals surface area contributed by atoms with Gasteiger partial charge in [-0.05, 0) is 244 Å². The van der Waals surface area contributed by atoms with Crippen LogP contribution < -0.4 is 33.8 Å². The highest BCUT2D eigenvalue weighted by atomic mass is 16.5. The van der Waals surface area contributed by atoms with E-state index in [1.807, 2.05) is 48.5 Å². The van der Waals surface area contributed by atoms with Gasteiger partial charge in [-0.25, -0.2) is 0 Å². The van der Waals surface area contributed by atoms with Crippen LogP contribution in [0.1, 0.15) is 74.9 Å². The molecule has 0 saturated heterocycles. The smallest absolute Gasteiger partial charge is 0.158 e. The molecule has 3 aliphatic heterocycles. The van der Waals surface area contributed by atoms with Crippen molar-refractivity contribution in [2.45, 2.75) is 57.8 Å². The molecule has 0 unspecified atom stereocenters. The first kappa shape index (κ1) is 86.6. The van der Waals surface area contributed by atoms with Gasteiger partial charge >= 0.3 is 0 Å². The van der Waals surface area contributed by atoms with Crippen LogP contribution in [0, 0.1) is 0 Å². The Kier molecular flexibility index (Phi) is 21.4. The van der Waals surface area contributed by atoms with Gasteiger partial charge in [-0.3, -0.25) is 0 Å². The lowest BCUT2D eigenvalue weighted by Gasteiger charge is -2.26. The number of rotatable bonds is 10. The van der Waals surface area contributed by atoms with Crippen LogP contribution in [0.3, 0.4) is 0 Å². The summed E-state index contributed by atoms with van der Waals surface area (Å²) in [6.07, 6.45) is 0. The van der Waals surface area contributed by atoms with E-state index in [0.717, 1.165) is 135 Å². The maximum atomic E-state index is 6.70. The van der Waals surface area contributed by atoms with Gasteiger partial charge in [-0.2, -0.15) is 0 Å². The number of nitrogens with zero attached hydrogens (tertiary/aromatic N) is 4. The third-order valence-electron chi connectivity index (χ3n) is 30.1. The molecule has 0 amide bonds. The van der Waals surface area contributed by atoms with Crippen LogP contribution in [-0.2, 0) is 16.2 Å². The Balaban J connectivity index is 0.000000102. The summed E-state index contributed by atoms with van der Waals surface area (Å²) in [5.74, 6) is 5.33. The van der Waals surface area contributed by atoms with Crippen molar-refractivity contribution in [1.82, 2.24) is 0 Å². The van der Waals surface area contributed by atoms with Crippen molar-refractivity contribution >= 4 is 67.4 Å². The fraction of sp³-hybridized carbons (Fsp3) is 0.0977. The van der Waals surface area contributed by atoms with Gasteiger partial charge in [0.15, 0.2) is 5.75 Å². The summed E-state index contributed by atoms with van der Waals surface area (Å²) in [6.45, 7) is 14.0. The van der Waals surface area contributed by atoms with E-state index in [9.17, 15) is 0 Å². The van der Waals surface area contributed by atoms with Crippen molar-refractivity contribution in [2.75, 3.05) is 47.8 Å². The molecule has 0 atom stereocenters. The molecule has 27 rings (SSSR count). The molecule has 3 aliphatic carbocycles. The summed E-state index contributed by atoms with van der Waals surface area (Å²) in [4.78, 5) is 9.02. The van der Waals surface area contributed by atoms with E-state index < -0.39 is 0 Å². The average Bonchev–Trinajstić information content (AvgIpc) is 1.58. The summed E-state index contributed by atoms with van der Waals surface area (Å²) in [6, 6.07) is 160. The predicted octanol–water partition coefficient (Wildman–Crippen LogP) is 36.3. The van der Waals surface area contributed by atoms with Gasteiger partial charge in [-0.15, -0.1) is 0 Å². The first-order valence-corrected chi connectivity index (χ1v) is 48.7. The Morgan fingerprint density at radius 1 is 0.177 bits per heavy atom. The van der Waals surface area contributed by atoms with Gasteiger partial charge < -0.3 is 38.2 Å². The molecule has 8 nitrogen and oxygen atoms in total. The Morgan fingerprint density at radius 2 is 0.468 bits per heavy atom. The van der Waals surface area contributed by atoms with Crippen LogP contribution in [-0.4, -0.2) is 28.2 Å². The molecular weight excluding hydrogens is 1720 g/mol. The lowest BCUT2D eigenvalue weighted by Crippen LogP contribution is -2.16. The van der Waals surface area contributed by atoms with Crippen LogP contribution in [0.2, 0.25) is 0 Å². The van der Waals surface area contributed by atoms with Gasteiger partial charge in [-0.1, -0.05) is 363 Å². The van der Waals surface area contributed by atoms with Crippen molar-refractivity contribution in [3.63, 3.8) is 0 Å². The molecule has 21 aromatic rings. The molecule has 6 aliphatic rings. The molecule has 0 spiro atoms. The van der Waals surface area contributed by atoms with E-state index in [-0.39, 0.29) is 16.2 Å². The SMILES string of the molecule is CN(c1ccc(-c2ccccc2)cc1)c1ccc(-c2cccc3c2oc2ccccc23)cc1.CN(c1ccc2c(c1)-c1ccccc1-c1ccccc1O2)c1ccc2c(c1)C(C)(C)c1ccccc1-2.CN(c1ccc2c(c1)-c1ccccc1-c1ccccc1O2)c1ccc2c(c1)C(C)(C)c1ccccc1-2.CN(c1ccc2c(c1)C(C)(C)c1ccccc1-2)c1cccc2c1Oc1ccccc1-c1ccccc1-2. The molecule has 1 aromatic heterocycles. The van der Waals surface area contributed by atoms with Crippen LogP contribution in [0.15, 0.2) is 453 Å². The van der Waals surface area contributed by atoms with Crippen molar-refractivity contribution in [1.29, 1.82) is 0 Å². The second-order valence-electron chi connectivity index (χ2n) is 39.1. The van der Waals surface area contributed by atoms with Crippen molar-refractivity contribution in [3.8, 4) is 157 Å². The molecule has 680 valence electrons. The molecule has 8 heteroatoms. The van der Waals surface area contributed by atoms with E-state index in [1.165, 1.54) is 123 Å². The van der Waals surface area contributed by atoms with Gasteiger partial charge in [0, 0.05) is 134 Å². The van der Waals surface area contributed by atoms with Crippen LogP contribution in [0.25, 0.3) is 144 Å². The second kappa shape index (κ2) is 34.8. The quantitative estimate of drug-likeness (QED) is 0.134. The number of fused-ring (bicyclic) bond motifs is 27. The maximum Gasteiger partial charge on any atom is 0.158 e. The highest BCUT2D eigenvalue weighted by molar-refractivity contribution is 6.10. The number of anilines is 8. The van der Waals surface area contributed by atoms with E-state index in [2.05, 4.69) is 490 Å². The molecule has 0 fully saturated rings. The number of para-hydroxylation sites is 6. The van der Waals surface area contributed by atoms with Crippen molar-refractivity contribution in [2.24, 2.45) is 0 Å². The Hall–Kier alpha value is -17.2. The molecule has 20 aromatic carbocycles. The second-order valence-corrected chi connectivity index (χ2v) is 39.1. The van der Waals surface area contributed by atoms with Gasteiger partial charge in [0.05, 0.1) is 5.69 Å². The molecule has 4 heterocycles. The summed E-state index contributed by atoms with van der Waals surface area (Å²) in [7, 11) is 8.54. The predicted molar refractivity (Wildman–Crippen MR) is 587 cm³/mol. The third-order valence-corrected chi connectivity index (χ3v) is 30.1. The van der Waals surface area contributed by atoms with E-state index in [1.54, 1.807) is 0 Å². The van der Waals surface area contributed by atoms with E-state index in [4.69, 9.17) is 18.6 Å². The third kappa shape index (κ3) is 15.0. The highest BCUT2D eigenvalue weighted by Gasteiger charge is 2.40. The normalized spacial score (nSPS) is 13.2. The summed E-state index contributed by atoms with van der Waals surface area (Å²) in [5.41, 5.74) is 45.9.